The van der Waals surface area contributed by atoms with Crippen molar-refractivity contribution in [2.45, 2.75) is 25.8 Å². The number of rotatable bonds is 4. The van der Waals surface area contributed by atoms with Gasteiger partial charge in [0.15, 0.2) is 5.65 Å². The van der Waals surface area contributed by atoms with E-state index in [-0.39, 0.29) is 5.54 Å². The van der Waals surface area contributed by atoms with E-state index >= 15 is 0 Å². The second kappa shape index (κ2) is 7.25. The lowest BCUT2D eigenvalue weighted by Gasteiger charge is -2.27. The van der Waals surface area contributed by atoms with Crippen LogP contribution in [0.25, 0.3) is 22.7 Å². The van der Waals surface area contributed by atoms with E-state index in [1.165, 1.54) is 0 Å². The maximum atomic E-state index is 10.0. The van der Waals surface area contributed by atoms with Crippen LogP contribution < -0.4 is 10.2 Å². The molecular formula is C24H25N7. The molecule has 0 saturated carbocycles. The molecule has 1 aliphatic rings. The van der Waals surface area contributed by atoms with Gasteiger partial charge in [-0.15, -0.1) is 5.10 Å². The van der Waals surface area contributed by atoms with Crippen LogP contribution in [-0.4, -0.2) is 44.8 Å². The van der Waals surface area contributed by atoms with Crippen molar-refractivity contribution < 1.29 is 0 Å². The monoisotopic (exact) mass is 411 g/mol. The maximum absolute atomic E-state index is 10.0. The number of fused-ring (bicyclic) bond motifs is 1. The van der Waals surface area contributed by atoms with Gasteiger partial charge in [-0.3, -0.25) is 4.57 Å². The van der Waals surface area contributed by atoms with Crippen molar-refractivity contribution in [1.29, 1.82) is 5.26 Å². The number of likely N-dealkylation sites (N-methyl/N-ethyl adjacent to an activating group) is 1. The number of hydrogen-bond donors (Lipinski definition) is 1. The van der Waals surface area contributed by atoms with Crippen LogP contribution in [-0.2, 0) is 0 Å². The molecule has 1 fully saturated rings. The van der Waals surface area contributed by atoms with Crippen molar-refractivity contribution in [3.05, 3.63) is 66.0 Å². The maximum Gasteiger partial charge on any atom is 0.253 e. The highest BCUT2D eigenvalue weighted by atomic mass is 15.4. The molecule has 1 saturated heterocycles. The van der Waals surface area contributed by atoms with E-state index in [1.54, 1.807) is 0 Å². The first-order valence-corrected chi connectivity index (χ1v) is 10.5. The fraction of sp³-hybridized carbons (Fsp3) is 0.292. The minimum Gasteiger partial charge on any atom is -0.354 e. The highest BCUT2D eigenvalue weighted by Crippen LogP contribution is 2.39. The lowest BCUT2D eigenvalue weighted by Crippen LogP contribution is -2.42. The standard InChI is InChI=1S/C24H25N7/c1-17-19(15-25)21-27-23(29-12-7-8-13-29)28-31(21)22(20(17)18-9-5-4-6-10-18)30-14-11-24(2,16-30)26-3/h4-10,12-13,26H,11,14,16H2,1-3H3/t24-/m0/s1. The van der Waals surface area contributed by atoms with Crippen LogP contribution in [0.4, 0.5) is 5.82 Å². The van der Waals surface area contributed by atoms with E-state index in [9.17, 15) is 5.26 Å². The molecule has 156 valence electrons. The van der Waals surface area contributed by atoms with Gasteiger partial charge in [0.25, 0.3) is 5.95 Å². The van der Waals surface area contributed by atoms with E-state index in [1.807, 2.05) is 65.8 Å². The molecule has 7 heteroatoms. The van der Waals surface area contributed by atoms with Gasteiger partial charge in [-0.1, -0.05) is 30.3 Å². The molecule has 3 aromatic heterocycles. The Hall–Kier alpha value is -3.63. The lowest BCUT2D eigenvalue weighted by molar-refractivity contribution is 0.428. The molecule has 0 spiro atoms. The Balaban J connectivity index is 1.84. The van der Waals surface area contributed by atoms with Crippen molar-refractivity contribution in [3.63, 3.8) is 0 Å². The highest BCUT2D eigenvalue weighted by molar-refractivity contribution is 5.85. The summed E-state index contributed by atoms with van der Waals surface area (Å²) in [6.45, 7) is 6.01. The van der Waals surface area contributed by atoms with E-state index in [0.717, 1.165) is 42.0 Å². The van der Waals surface area contributed by atoms with Gasteiger partial charge >= 0.3 is 0 Å². The zero-order valence-electron chi connectivity index (χ0n) is 18.0. The highest BCUT2D eigenvalue weighted by Gasteiger charge is 2.36. The summed E-state index contributed by atoms with van der Waals surface area (Å²) in [4.78, 5) is 7.13. The average molecular weight is 412 g/mol. The summed E-state index contributed by atoms with van der Waals surface area (Å²) in [5.41, 5.74) is 4.21. The predicted molar refractivity (Wildman–Crippen MR) is 121 cm³/mol. The third kappa shape index (κ3) is 3.07. The Morgan fingerprint density at radius 2 is 1.87 bits per heavy atom. The Kier molecular flexibility index (Phi) is 4.53. The summed E-state index contributed by atoms with van der Waals surface area (Å²) in [5.74, 6) is 1.55. The second-order valence-electron chi connectivity index (χ2n) is 8.40. The lowest BCUT2D eigenvalue weighted by atomic mass is 9.97. The van der Waals surface area contributed by atoms with Gasteiger partial charge in [0.2, 0.25) is 0 Å². The molecule has 1 aliphatic heterocycles. The number of hydrogen-bond acceptors (Lipinski definition) is 5. The Bertz CT molecular complexity index is 1280. The smallest absolute Gasteiger partial charge is 0.253 e. The average Bonchev–Trinajstić information content (AvgIpc) is 3.53. The molecule has 1 atom stereocenters. The van der Waals surface area contributed by atoms with Gasteiger partial charge in [0.1, 0.15) is 17.5 Å². The number of nitrogens with one attached hydrogen (secondary N) is 1. The number of pyridine rings is 1. The van der Waals surface area contributed by atoms with Gasteiger partial charge in [0.05, 0.1) is 0 Å². The van der Waals surface area contributed by atoms with Crippen LogP contribution in [0.2, 0.25) is 0 Å². The molecule has 0 radical (unpaired) electrons. The second-order valence-corrected chi connectivity index (χ2v) is 8.40. The van der Waals surface area contributed by atoms with Crippen LogP contribution in [0.1, 0.15) is 24.5 Å². The minimum atomic E-state index is 0.0198. The summed E-state index contributed by atoms with van der Waals surface area (Å²) >= 11 is 0. The summed E-state index contributed by atoms with van der Waals surface area (Å²) in [7, 11) is 2.01. The molecule has 0 amide bonds. The number of anilines is 1. The summed E-state index contributed by atoms with van der Waals surface area (Å²) < 4.78 is 3.74. The van der Waals surface area contributed by atoms with Crippen molar-refractivity contribution in [2.75, 3.05) is 25.0 Å². The van der Waals surface area contributed by atoms with E-state index in [4.69, 9.17) is 10.1 Å². The SMILES string of the molecule is CN[C@@]1(C)CCN(c2c(-c3ccccc3)c(C)c(C#N)c3nc(-n4cccc4)nn23)C1. The normalized spacial score (nSPS) is 18.6. The zero-order valence-corrected chi connectivity index (χ0v) is 18.0. The van der Waals surface area contributed by atoms with Gasteiger partial charge in [-0.25, -0.2) is 0 Å². The van der Waals surface area contributed by atoms with E-state index in [2.05, 4.69) is 35.3 Å². The molecular weight excluding hydrogens is 386 g/mol. The molecule has 4 heterocycles. The number of benzene rings is 1. The molecule has 0 bridgehead atoms. The topological polar surface area (TPSA) is 74.2 Å². The van der Waals surface area contributed by atoms with Gasteiger partial charge in [0, 0.05) is 36.6 Å². The van der Waals surface area contributed by atoms with Crippen molar-refractivity contribution in [3.8, 4) is 23.1 Å². The molecule has 1 N–H and O–H groups in total. The van der Waals surface area contributed by atoms with Crippen LogP contribution in [0.15, 0.2) is 54.9 Å². The molecule has 5 rings (SSSR count). The van der Waals surface area contributed by atoms with Crippen molar-refractivity contribution >= 4 is 11.5 Å². The zero-order chi connectivity index (χ0) is 21.6. The van der Waals surface area contributed by atoms with E-state index < -0.39 is 0 Å². The summed E-state index contributed by atoms with van der Waals surface area (Å²) in [6, 6.07) is 16.5. The molecule has 4 aromatic rings. The van der Waals surface area contributed by atoms with Gasteiger partial charge < -0.3 is 10.2 Å². The van der Waals surface area contributed by atoms with Crippen LogP contribution in [0.3, 0.4) is 0 Å². The molecule has 31 heavy (non-hydrogen) atoms. The van der Waals surface area contributed by atoms with Crippen LogP contribution in [0, 0.1) is 18.3 Å². The number of nitriles is 1. The van der Waals surface area contributed by atoms with Crippen molar-refractivity contribution in [2.24, 2.45) is 0 Å². The quantitative estimate of drug-likeness (QED) is 0.556. The third-order valence-corrected chi connectivity index (χ3v) is 6.38. The molecule has 1 aromatic carbocycles. The van der Waals surface area contributed by atoms with Gasteiger partial charge in [-0.2, -0.15) is 14.8 Å². The number of aromatic nitrogens is 4. The van der Waals surface area contributed by atoms with Gasteiger partial charge in [-0.05, 0) is 50.6 Å². The molecule has 0 unspecified atom stereocenters. The first-order chi connectivity index (χ1) is 15.0. The van der Waals surface area contributed by atoms with E-state index in [0.29, 0.717) is 17.2 Å². The first kappa shape index (κ1) is 19.3. The molecule has 7 nitrogen and oxygen atoms in total. The Morgan fingerprint density at radius 1 is 1.13 bits per heavy atom. The van der Waals surface area contributed by atoms with Crippen molar-refractivity contribution in [1.82, 2.24) is 24.5 Å². The summed E-state index contributed by atoms with van der Waals surface area (Å²) in [5, 5.41) is 18.4. The Morgan fingerprint density at radius 3 is 2.52 bits per heavy atom. The fourth-order valence-electron chi connectivity index (χ4n) is 4.48. The summed E-state index contributed by atoms with van der Waals surface area (Å²) in [6.07, 6.45) is 4.86. The Labute approximate surface area is 181 Å². The minimum absolute atomic E-state index is 0.0198. The van der Waals surface area contributed by atoms with Crippen LogP contribution in [0.5, 0.6) is 0 Å². The third-order valence-electron chi connectivity index (χ3n) is 6.38. The first-order valence-electron chi connectivity index (χ1n) is 10.5. The van der Waals surface area contributed by atoms with Crippen LogP contribution >= 0.6 is 0 Å². The number of nitrogens with zero attached hydrogens (tertiary/aromatic N) is 6. The molecule has 0 aliphatic carbocycles. The fourth-order valence-corrected chi connectivity index (χ4v) is 4.48. The largest absolute Gasteiger partial charge is 0.354 e. The predicted octanol–water partition coefficient (Wildman–Crippen LogP) is 3.56.